The van der Waals surface area contributed by atoms with Gasteiger partial charge in [-0.25, -0.2) is 4.39 Å². The van der Waals surface area contributed by atoms with Crippen LogP contribution in [-0.2, 0) is 11.3 Å². The number of hydrogen-bond acceptors (Lipinski definition) is 5. The van der Waals surface area contributed by atoms with E-state index in [1.807, 2.05) is 19.1 Å². The molecule has 29 heavy (non-hydrogen) atoms. The predicted molar refractivity (Wildman–Crippen MR) is 111 cm³/mol. The van der Waals surface area contributed by atoms with Crippen LogP contribution in [0.1, 0.15) is 12.5 Å². The van der Waals surface area contributed by atoms with Gasteiger partial charge in [-0.15, -0.1) is 0 Å². The Morgan fingerprint density at radius 2 is 1.83 bits per heavy atom. The van der Waals surface area contributed by atoms with Crippen molar-refractivity contribution in [3.63, 3.8) is 0 Å². The number of hydrogen-bond donors (Lipinski definition) is 1. The number of rotatable bonds is 7. The zero-order valence-corrected chi connectivity index (χ0v) is 17.0. The van der Waals surface area contributed by atoms with Gasteiger partial charge in [-0.05, 0) is 48.9 Å². The Labute approximate surface area is 171 Å². The van der Waals surface area contributed by atoms with Crippen LogP contribution in [0.4, 0.5) is 10.1 Å². The molecule has 1 heterocycles. The van der Waals surface area contributed by atoms with Crippen LogP contribution in [0, 0.1) is 5.82 Å². The summed E-state index contributed by atoms with van der Waals surface area (Å²) >= 11 is 0. The molecule has 1 N–H and O–H groups in total. The van der Waals surface area contributed by atoms with E-state index in [2.05, 4.69) is 9.80 Å². The highest BCUT2D eigenvalue weighted by atomic mass is 19.1. The van der Waals surface area contributed by atoms with E-state index in [-0.39, 0.29) is 17.4 Å². The van der Waals surface area contributed by atoms with E-state index < -0.39 is 5.82 Å². The van der Waals surface area contributed by atoms with Crippen LogP contribution < -0.4 is 9.64 Å². The van der Waals surface area contributed by atoms with Crippen LogP contribution in [0.25, 0.3) is 0 Å². The molecular formula is C22H28FN3O3. The summed E-state index contributed by atoms with van der Waals surface area (Å²) in [6.45, 7) is 6.48. The molecule has 0 spiro atoms. The molecule has 6 nitrogen and oxygen atoms in total. The second-order valence-electron chi connectivity index (χ2n) is 7.16. The first-order chi connectivity index (χ1) is 14.0. The Balaban J connectivity index is 1.52. The molecule has 1 aliphatic rings. The Morgan fingerprint density at radius 3 is 2.41 bits per heavy atom. The van der Waals surface area contributed by atoms with Crippen LogP contribution in [0.3, 0.4) is 0 Å². The van der Waals surface area contributed by atoms with Crippen molar-refractivity contribution in [2.45, 2.75) is 13.5 Å². The number of halogens is 1. The SMILES string of the molecule is CCN(Cc1ccc(OC)c(F)c1)C(=O)CN1CCN(c2ccc(O)cc2)CC1. The normalized spacial score (nSPS) is 14.7. The van der Waals surface area contributed by atoms with Crippen molar-refractivity contribution >= 4 is 11.6 Å². The maximum atomic E-state index is 13.9. The molecule has 0 aromatic heterocycles. The minimum atomic E-state index is -0.418. The molecule has 0 aliphatic carbocycles. The van der Waals surface area contributed by atoms with Gasteiger partial charge in [0.05, 0.1) is 13.7 Å². The number of benzene rings is 2. The minimum absolute atomic E-state index is 0.0433. The summed E-state index contributed by atoms with van der Waals surface area (Å²) in [5.74, 6) is 0.0877. The van der Waals surface area contributed by atoms with Crippen molar-refractivity contribution in [2.75, 3.05) is 51.3 Å². The molecule has 0 unspecified atom stereocenters. The summed E-state index contributed by atoms with van der Waals surface area (Å²) in [7, 11) is 1.43. The third-order valence-electron chi connectivity index (χ3n) is 5.27. The summed E-state index contributed by atoms with van der Waals surface area (Å²) in [4.78, 5) is 18.9. The summed E-state index contributed by atoms with van der Waals surface area (Å²) < 4.78 is 18.9. The molecule has 0 atom stereocenters. The number of nitrogens with zero attached hydrogens (tertiary/aromatic N) is 3. The fourth-order valence-electron chi connectivity index (χ4n) is 3.52. The lowest BCUT2D eigenvalue weighted by atomic mass is 10.2. The monoisotopic (exact) mass is 401 g/mol. The minimum Gasteiger partial charge on any atom is -0.508 e. The Kier molecular flexibility index (Phi) is 6.93. The molecule has 7 heteroatoms. The zero-order chi connectivity index (χ0) is 20.8. The van der Waals surface area contributed by atoms with Crippen molar-refractivity contribution in [2.24, 2.45) is 0 Å². The van der Waals surface area contributed by atoms with Gasteiger partial charge in [-0.3, -0.25) is 9.69 Å². The number of methoxy groups -OCH3 is 1. The fraction of sp³-hybridized carbons (Fsp3) is 0.409. The summed E-state index contributed by atoms with van der Waals surface area (Å²) in [5, 5.41) is 9.42. The van der Waals surface area contributed by atoms with Gasteiger partial charge in [0.15, 0.2) is 11.6 Å². The van der Waals surface area contributed by atoms with E-state index in [9.17, 15) is 14.3 Å². The van der Waals surface area contributed by atoms with Crippen LogP contribution in [0.5, 0.6) is 11.5 Å². The van der Waals surface area contributed by atoms with Crippen molar-refractivity contribution in [1.29, 1.82) is 0 Å². The van der Waals surface area contributed by atoms with Crippen molar-refractivity contribution in [3.8, 4) is 11.5 Å². The van der Waals surface area contributed by atoms with Gasteiger partial charge in [-0.1, -0.05) is 6.07 Å². The largest absolute Gasteiger partial charge is 0.508 e. The Hall–Kier alpha value is -2.80. The topological polar surface area (TPSA) is 56.2 Å². The Bertz CT molecular complexity index is 821. The molecular weight excluding hydrogens is 373 g/mol. The molecule has 1 amide bonds. The zero-order valence-electron chi connectivity index (χ0n) is 17.0. The van der Waals surface area contributed by atoms with E-state index in [1.165, 1.54) is 13.2 Å². The van der Waals surface area contributed by atoms with Gasteiger partial charge < -0.3 is 19.6 Å². The summed E-state index contributed by atoms with van der Waals surface area (Å²) in [5.41, 5.74) is 1.82. The molecule has 3 rings (SSSR count). The molecule has 0 radical (unpaired) electrons. The quantitative estimate of drug-likeness (QED) is 0.773. The maximum Gasteiger partial charge on any atom is 0.237 e. The number of aromatic hydroxyl groups is 1. The van der Waals surface area contributed by atoms with Crippen LogP contribution in [-0.4, -0.2) is 67.2 Å². The second-order valence-corrected chi connectivity index (χ2v) is 7.16. The predicted octanol–water partition coefficient (Wildman–Crippen LogP) is 2.71. The lowest BCUT2D eigenvalue weighted by Crippen LogP contribution is -2.50. The molecule has 1 aliphatic heterocycles. The molecule has 2 aromatic carbocycles. The number of amides is 1. The number of piperazine rings is 1. The highest BCUT2D eigenvalue weighted by molar-refractivity contribution is 5.78. The van der Waals surface area contributed by atoms with E-state index in [4.69, 9.17) is 4.74 Å². The molecule has 156 valence electrons. The number of anilines is 1. The van der Waals surface area contributed by atoms with Gasteiger partial charge in [0, 0.05) is 45.0 Å². The Morgan fingerprint density at radius 1 is 1.14 bits per heavy atom. The third kappa shape index (κ3) is 5.38. The standard InChI is InChI=1S/C22H28FN3O3/c1-3-25(15-17-4-9-21(29-2)20(23)14-17)22(28)16-24-10-12-26(13-11-24)18-5-7-19(27)8-6-18/h4-9,14,27H,3,10-13,15-16H2,1-2H3. The summed E-state index contributed by atoms with van der Waals surface area (Å²) in [6, 6.07) is 12.0. The highest BCUT2D eigenvalue weighted by Gasteiger charge is 2.22. The molecule has 1 saturated heterocycles. The molecule has 1 fully saturated rings. The maximum absolute atomic E-state index is 13.9. The lowest BCUT2D eigenvalue weighted by Gasteiger charge is -2.36. The number of carbonyl (C=O) groups excluding carboxylic acids is 1. The third-order valence-corrected chi connectivity index (χ3v) is 5.27. The number of phenols is 1. The average Bonchev–Trinajstić information content (AvgIpc) is 2.73. The number of phenolic OH excluding ortho intramolecular Hbond substituents is 1. The fourth-order valence-corrected chi connectivity index (χ4v) is 3.52. The van der Waals surface area contributed by atoms with Crippen LogP contribution in [0.15, 0.2) is 42.5 Å². The first-order valence-corrected chi connectivity index (χ1v) is 9.86. The summed E-state index contributed by atoms with van der Waals surface area (Å²) in [6.07, 6.45) is 0. The number of carbonyl (C=O) groups is 1. The average molecular weight is 401 g/mol. The van der Waals surface area contributed by atoms with Crippen LogP contribution >= 0.6 is 0 Å². The van der Waals surface area contributed by atoms with E-state index in [0.29, 0.717) is 19.6 Å². The lowest BCUT2D eigenvalue weighted by molar-refractivity contribution is -0.132. The number of ether oxygens (including phenoxy) is 1. The first-order valence-electron chi connectivity index (χ1n) is 9.86. The van der Waals surface area contributed by atoms with Gasteiger partial charge in [0.1, 0.15) is 5.75 Å². The first kappa shape index (κ1) is 20.9. The van der Waals surface area contributed by atoms with E-state index in [1.54, 1.807) is 29.2 Å². The van der Waals surface area contributed by atoms with E-state index >= 15 is 0 Å². The van der Waals surface area contributed by atoms with Gasteiger partial charge >= 0.3 is 0 Å². The second kappa shape index (κ2) is 9.60. The van der Waals surface area contributed by atoms with E-state index in [0.717, 1.165) is 37.4 Å². The van der Waals surface area contributed by atoms with Crippen LogP contribution in [0.2, 0.25) is 0 Å². The number of likely N-dealkylation sites (N-methyl/N-ethyl adjacent to an activating group) is 1. The molecule has 2 aromatic rings. The van der Waals surface area contributed by atoms with Crippen molar-refractivity contribution < 1.29 is 19.0 Å². The van der Waals surface area contributed by atoms with Crippen molar-refractivity contribution in [3.05, 3.63) is 53.8 Å². The van der Waals surface area contributed by atoms with Gasteiger partial charge in [0.2, 0.25) is 5.91 Å². The molecule has 0 bridgehead atoms. The smallest absolute Gasteiger partial charge is 0.237 e. The molecule has 0 saturated carbocycles. The van der Waals surface area contributed by atoms with Gasteiger partial charge in [-0.2, -0.15) is 0 Å². The highest BCUT2D eigenvalue weighted by Crippen LogP contribution is 2.21. The van der Waals surface area contributed by atoms with Crippen molar-refractivity contribution in [1.82, 2.24) is 9.80 Å². The van der Waals surface area contributed by atoms with Gasteiger partial charge in [0.25, 0.3) is 0 Å².